The smallest absolute Gasteiger partial charge is 0.230 e. The Morgan fingerprint density at radius 1 is 1.50 bits per heavy atom. The minimum Gasteiger partial charge on any atom is -0.245 e. The monoisotopic (exact) mass is 112 g/mol. The van der Waals surface area contributed by atoms with Crippen LogP contribution in [0.5, 0.6) is 0 Å². The number of hydrogen-bond donors (Lipinski definition) is 0. The van der Waals surface area contributed by atoms with Crippen molar-refractivity contribution in [2.45, 2.75) is 13.8 Å². The third-order valence-electron chi connectivity index (χ3n) is 1.43. The minimum atomic E-state index is 1.19. The van der Waals surface area contributed by atoms with E-state index >= 15 is 0 Å². The zero-order valence-corrected chi connectivity index (χ0v) is 5.43. The molecule has 0 spiro atoms. The van der Waals surface area contributed by atoms with Gasteiger partial charge in [-0.15, -0.1) is 0 Å². The lowest BCUT2D eigenvalue weighted by Crippen LogP contribution is -2.27. The highest BCUT2D eigenvalue weighted by molar-refractivity contribution is 5.04. The van der Waals surface area contributed by atoms with Crippen LogP contribution in [0, 0.1) is 13.8 Å². The molecule has 0 aliphatic rings. The van der Waals surface area contributed by atoms with Crippen molar-refractivity contribution in [3.8, 4) is 0 Å². The molecule has 2 heteroatoms. The molecule has 0 aromatic carbocycles. The summed E-state index contributed by atoms with van der Waals surface area (Å²) in [5.74, 6) is 0. The van der Waals surface area contributed by atoms with E-state index in [4.69, 9.17) is 4.52 Å². The molecule has 0 N–H and O–H groups in total. The van der Waals surface area contributed by atoms with E-state index in [9.17, 15) is 0 Å². The first kappa shape index (κ1) is 5.35. The third kappa shape index (κ3) is 0.619. The Morgan fingerprint density at radius 3 is 2.25 bits per heavy atom. The van der Waals surface area contributed by atoms with Crippen molar-refractivity contribution >= 4 is 0 Å². The van der Waals surface area contributed by atoms with Gasteiger partial charge >= 0.3 is 0 Å². The molecule has 0 aliphatic carbocycles. The largest absolute Gasteiger partial charge is 0.245 e. The van der Waals surface area contributed by atoms with Crippen LogP contribution >= 0.6 is 0 Å². The second-order valence-corrected chi connectivity index (χ2v) is 1.99. The fourth-order valence-corrected chi connectivity index (χ4v) is 0.571. The standard InChI is InChI=1S/C6H10NO/c1-5-4-8-7(3)6(5)2/h4H,1-3H3/q+1. The molecule has 1 aromatic heterocycles. The van der Waals surface area contributed by atoms with Crippen molar-refractivity contribution in [2.24, 2.45) is 7.05 Å². The lowest BCUT2D eigenvalue weighted by molar-refractivity contribution is -0.849. The summed E-state index contributed by atoms with van der Waals surface area (Å²) >= 11 is 0. The molecule has 1 aromatic rings. The summed E-state index contributed by atoms with van der Waals surface area (Å²) in [7, 11) is 1.89. The van der Waals surface area contributed by atoms with Crippen molar-refractivity contribution < 1.29 is 9.26 Å². The highest BCUT2D eigenvalue weighted by Crippen LogP contribution is 1.97. The summed E-state index contributed by atoms with van der Waals surface area (Å²) in [5.41, 5.74) is 2.39. The number of hydrogen-bond acceptors (Lipinski definition) is 1. The second kappa shape index (κ2) is 1.62. The Kier molecular flexibility index (Phi) is 1.08. The molecule has 0 aliphatic heterocycles. The summed E-state index contributed by atoms with van der Waals surface area (Å²) in [5, 5.41) is 0. The molecule has 1 rings (SSSR count). The molecule has 0 unspecified atom stereocenters. The Hall–Kier alpha value is -0.790. The fraction of sp³-hybridized carbons (Fsp3) is 0.500. The lowest BCUT2D eigenvalue weighted by atomic mass is 10.3. The van der Waals surface area contributed by atoms with Crippen LogP contribution in [0.15, 0.2) is 10.8 Å². The average molecular weight is 112 g/mol. The zero-order chi connectivity index (χ0) is 6.15. The molecule has 1 heterocycles. The molecule has 0 atom stereocenters. The lowest BCUT2D eigenvalue weighted by Gasteiger charge is -1.75. The quantitative estimate of drug-likeness (QED) is 0.452. The Bertz CT molecular complexity index is 171. The molecule has 0 saturated heterocycles. The minimum absolute atomic E-state index is 1.19. The molecule has 2 nitrogen and oxygen atoms in total. The van der Waals surface area contributed by atoms with Crippen LogP contribution < -0.4 is 4.74 Å². The van der Waals surface area contributed by atoms with Gasteiger partial charge in [-0.1, -0.05) is 0 Å². The molecule has 0 bridgehead atoms. The fourth-order valence-electron chi connectivity index (χ4n) is 0.571. The Morgan fingerprint density at radius 2 is 2.12 bits per heavy atom. The van der Waals surface area contributed by atoms with Gasteiger partial charge in [0.2, 0.25) is 5.69 Å². The van der Waals surface area contributed by atoms with E-state index in [1.807, 2.05) is 20.9 Å². The maximum atomic E-state index is 5.01. The van der Waals surface area contributed by atoms with Gasteiger partial charge in [-0.25, -0.2) is 4.52 Å². The van der Waals surface area contributed by atoms with Gasteiger partial charge in [-0.3, -0.25) is 0 Å². The first-order valence-electron chi connectivity index (χ1n) is 2.63. The summed E-state index contributed by atoms with van der Waals surface area (Å²) < 4.78 is 6.76. The maximum absolute atomic E-state index is 5.01. The number of aryl methyl sites for hydroxylation is 2. The molecule has 8 heavy (non-hydrogen) atoms. The predicted octanol–water partition coefficient (Wildman–Crippen LogP) is 0.721. The Balaban J connectivity index is 3.19. The number of rotatable bonds is 0. The number of nitrogens with zero attached hydrogens (tertiary/aromatic N) is 1. The highest BCUT2D eigenvalue weighted by Gasteiger charge is 2.06. The third-order valence-corrected chi connectivity index (χ3v) is 1.43. The van der Waals surface area contributed by atoms with Crippen LogP contribution in [0.4, 0.5) is 0 Å². The van der Waals surface area contributed by atoms with Crippen LogP contribution in [-0.2, 0) is 7.05 Å². The van der Waals surface area contributed by atoms with Gasteiger partial charge in [-0.2, -0.15) is 0 Å². The first-order chi connectivity index (χ1) is 3.72. The van der Waals surface area contributed by atoms with Gasteiger partial charge in [0, 0.05) is 6.92 Å². The van der Waals surface area contributed by atoms with Crippen LogP contribution in [-0.4, -0.2) is 0 Å². The molecular formula is C6H10NO+. The van der Waals surface area contributed by atoms with Gasteiger partial charge in [0.15, 0.2) is 13.3 Å². The van der Waals surface area contributed by atoms with Crippen molar-refractivity contribution in [1.82, 2.24) is 0 Å². The molecule has 0 fully saturated rings. The van der Waals surface area contributed by atoms with E-state index in [0.717, 1.165) is 0 Å². The van der Waals surface area contributed by atoms with Gasteiger partial charge in [0.25, 0.3) is 0 Å². The summed E-state index contributed by atoms with van der Waals surface area (Å²) in [6.07, 6.45) is 1.75. The summed E-state index contributed by atoms with van der Waals surface area (Å²) in [6, 6.07) is 0. The van der Waals surface area contributed by atoms with Gasteiger partial charge < -0.3 is 0 Å². The Labute approximate surface area is 48.7 Å². The van der Waals surface area contributed by atoms with E-state index in [2.05, 4.69) is 0 Å². The maximum Gasteiger partial charge on any atom is 0.230 e. The van der Waals surface area contributed by atoms with Crippen LogP contribution in [0.3, 0.4) is 0 Å². The van der Waals surface area contributed by atoms with Crippen LogP contribution in [0.2, 0.25) is 0 Å². The van der Waals surface area contributed by atoms with Crippen molar-refractivity contribution in [3.05, 3.63) is 17.5 Å². The zero-order valence-electron chi connectivity index (χ0n) is 5.43. The molecule has 44 valence electrons. The van der Waals surface area contributed by atoms with Gasteiger partial charge in [0.05, 0.1) is 5.56 Å². The SMILES string of the molecule is Cc1co[n+](C)c1C. The molecular weight excluding hydrogens is 102 g/mol. The van der Waals surface area contributed by atoms with Crippen molar-refractivity contribution in [3.63, 3.8) is 0 Å². The second-order valence-electron chi connectivity index (χ2n) is 1.99. The number of aromatic nitrogens is 1. The molecule has 0 amide bonds. The van der Waals surface area contributed by atoms with Crippen molar-refractivity contribution in [2.75, 3.05) is 0 Å². The molecule has 0 radical (unpaired) electrons. The van der Waals surface area contributed by atoms with Crippen LogP contribution in [0.25, 0.3) is 0 Å². The summed E-state index contributed by atoms with van der Waals surface area (Å²) in [4.78, 5) is 0. The van der Waals surface area contributed by atoms with Gasteiger partial charge in [-0.05, 0) is 11.7 Å². The molecule has 0 saturated carbocycles. The van der Waals surface area contributed by atoms with E-state index < -0.39 is 0 Å². The normalized spacial score (nSPS) is 9.88. The topological polar surface area (TPSA) is 17.0 Å². The van der Waals surface area contributed by atoms with E-state index in [0.29, 0.717) is 0 Å². The highest BCUT2D eigenvalue weighted by atomic mass is 16.5. The van der Waals surface area contributed by atoms with E-state index in [-0.39, 0.29) is 0 Å². The average Bonchev–Trinajstić information content (AvgIpc) is 1.98. The summed E-state index contributed by atoms with van der Waals surface area (Å²) in [6.45, 7) is 4.05. The van der Waals surface area contributed by atoms with Crippen LogP contribution in [0.1, 0.15) is 11.3 Å². The van der Waals surface area contributed by atoms with E-state index in [1.165, 1.54) is 11.3 Å². The van der Waals surface area contributed by atoms with E-state index in [1.54, 1.807) is 11.0 Å². The van der Waals surface area contributed by atoms with Gasteiger partial charge in [0.1, 0.15) is 0 Å². The first-order valence-corrected chi connectivity index (χ1v) is 2.63. The van der Waals surface area contributed by atoms with Crippen molar-refractivity contribution in [1.29, 1.82) is 0 Å². The predicted molar refractivity (Wildman–Crippen MR) is 29.4 cm³/mol.